The van der Waals surface area contributed by atoms with Crippen molar-refractivity contribution in [3.8, 4) is 0 Å². The maximum atomic E-state index is 4.23. The summed E-state index contributed by atoms with van der Waals surface area (Å²) in [6, 6.07) is 11.6. The van der Waals surface area contributed by atoms with Gasteiger partial charge in [0.25, 0.3) is 0 Å². The fraction of sp³-hybridized carbons (Fsp3) is 0.312. The molecule has 1 aliphatic rings. The molecule has 2 unspecified atom stereocenters. The van der Waals surface area contributed by atoms with Crippen molar-refractivity contribution in [2.75, 3.05) is 0 Å². The van der Waals surface area contributed by atoms with Gasteiger partial charge in [0.05, 0.1) is 0 Å². The molecular formula is C16H18BrN3. The van der Waals surface area contributed by atoms with E-state index in [-0.39, 0.29) is 0 Å². The molecule has 1 aromatic heterocycles. The van der Waals surface area contributed by atoms with Gasteiger partial charge < -0.3 is 0 Å². The third-order valence-corrected chi connectivity index (χ3v) is 4.26. The minimum atomic E-state index is 0.302. The van der Waals surface area contributed by atoms with E-state index in [4.69, 9.17) is 0 Å². The quantitative estimate of drug-likeness (QED) is 0.900. The summed E-state index contributed by atoms with van der Waals surface area (Å²) in [5, 5.41) is 0. The first kappa shape index (κ1) is 13.7. The smallest absolute Gasteiger partial charge is 0.0496 e. The van der Waals surface area contributed by atoms with Crippen LogP contribution in [0.4, 0.5) is 0 Å². The van der Waals surface area contributed by atoms with Crippen LogP contribution in [0.2, 0.25) is 0 Å². The fourth-order valence-electron chi connectivity index (χ4n) is 2.60. The lowest BCUT2D eigenvalue weighted by Gasteiger charge is -2.10. The molecule has 0 aliphatic carbocycles. The van der Waals surface area contributed by atoms with Gasteiger partial charge in [-0.1, -0.05) is 31.2 Å². The Hall–Kier alpha value is -1.23. The van der Waals surface area contributed by atoms with E-state index in [0.717, 1.165) is 17.3 Å². The van der Waals surface area contributed by atoms with Crippen molar-refractivity contribution < 1.29 is 0 Å². The van der Waals surface area contributed by atoms with Gasteiger partial charge >= 0.3 is 0 Å². The molecule has 4 heteroatoms. The number of hydrogen-bond acceptors (Lipinski definition) is 3. The number of hydrazine groups is 1. The first-order chi connectivity index (χ1) is 9.76. The topological polar surface area (TPSA) is 37.0 Å². The second kappa shape index (κ2) is 6.04. The van der Waals surface area contributed by atoms with Crippen LogP contribution in [0.5, 0.6) is 0 Å². The number of aryl methyl sites for hydroxylation is 1. The number of nitrogens with zero attached hydrogens (tertiary/aromatic N) is 1. The molecule has 1 aliphatic heterocycles. The lowest BCUT2D eigenvalue weighted by Crippen LogP contribution is -2.26. The van der Waals surface area contributed by atoms with Crippen molar-refractivity contribution in [1.82, 2.24) is 15.8 Å². The molecule has 2 N–H and O–H groups in total. The SMILES string of the molecule is CCc1ccc(C2CC(c3cncc(Br)c3)NN2)cc1. The van der Waals surface area contributed by atoms with Crippen LogP contribution in [0.1, 0.15) is 42.1 Å². The predicted molar refractivity (Wildman–Crippen MR) is 84.1 cm³/mol. The third kappa shape index (κ3) is 2.92. The van der Waals surface area contributed by atoms with E-state index < -0.39 is 0 Å². The van der Waals surface area contributed by atoms with E-state index in [1.165, 1.54) is 16.7 Å². The summed E-state index contributed by atoms with van der Waals surface area (Å²) in [5.74, 6) is 0. The van der Waals surface area contributed by atoms with Gasteiger partial charge in [0.1, 0.15) is 0 Å². The Balaban J connectivity index is 1.72. The second-order valence-electron chi connectivity index (χ2n) is 5.16. The molecule has 0 radical (unpaired) electrons. The zero-order valence-electron chi connectivity index (χ0n) is 11.4. The van der Waals surface area contributed by atoms with E-state index in [2.05, 4.69) is 69.0 Å². The highest BCUT2D eigenvalue weighted by molar-refractivity contribution is 9.10. The summed E-state index contributed by atoms with van der Waals surface area (Å²) in [7, 11) is 0. The van der Waals surface area contributed by atoms with E-state index in [1.807, 2.05) is 12.4 Å². The molecule has 20 heavy (non-hydrogen) atoms. The van der Waals surface area contributed by atoms with Crippen molar-refractivity contribution >= 4 is 15.9 Å². The third-order valence-electron chi connectivity index (χ3n) is 3.82. The molecule has 0 spiro atoms. The minimum Gasteiger partial charge on any atom is -0.263 e. The van der Waals surface area contributed by atoms with Crippen molar-refractivity contribution in [3.05, 3.63) is 63.9 Å². The highest BCUT2D eigenvalue weighted by atomic mass is 79.9. The Morgan fingerprint density at radius 3 is 2.45 bits per heavy atom. The summed E-state index contributed by atoms with van der Waals surface area (Å²) >= 11 is 3.47. The number of rotatable bonds is 3. The molecule has 2 heterocycles. The van der Waals surface area contributed by atoms with Gasteiger partial charge in [-0.15, -0.1) is 0 Å². The maximum absolute atomic E-state index is 4.23. The van der Waals surface area contributed by atoms with Crippen molar-refractivity contribution in [3.63, 3.8) is 0 Å². The Bertz CT molecular complexity index is 583. The molecular weight excluding hydrogens is 314 g/mol. The monoisotopic (exact) mass is 331 g/mol. The van der Waals surface area contributed by atoms with Gasteiger partial charge in [-0.25, -0.2) is 10.9 Å². The summed E-state index contributed by atoms with van der Waals surface area (Å²) < 4.78 is 1.02. The Labute approximate surface area is 127 Å². The predicted octanol–water partition coefficient (Wildman–Crippen LogP) is 3.69. The van der Waals surface area contributed by atoms with Gasteiger partial charge in [-0.2, -0.15) is 0 Å². The average molecular weight is 332 g/mol. The second-order valence-corrected chi connectivity index (χ2v) is 6.08. The van der Waals surface area contributed by atoms with Crippen LogP contribution < -0.4 is 10.9 Å². The average Bonchev–Trinajstić information content (AvgIpc) is 2.97. The molecule has 104 valence electrons. The van der Waals surface area contributed by atoms with Crippen LogP contribution in [0, 0.1) is 0 Å². The Morgan fingerprint density at radius 1 is 1.10 bits per heavy atom. The fourth-order valence-corrected chi connectivity index (χ4v) is 2.98. The number of hydrogen-bond donors (Lipinski definition) is 2. The number of nitrogens with one attached hydrogen (secondary N) is 2. The molecule has 0 amide bonds. The van der Waals surface area contributed by atoms with Crippen LogP contribution in [0.15, 0.2) is 47.2 Å². The Morgan fingerprint density at radius 2 is 1.80 bits per heavy atom. The summed E-state index contributed by atoms with van der Waals surface area (Å²) in [6.07, 6.45) is 5.85. The van der Waals surface area contributed by atoms with Crippen LogP contribution in [0.3, 0.4) is 0 Å². The lowest BCUT2D eigenvalue weighted by atomic mass is 9.97. The normalized spacial score (nSPS) is 22.1. The first-order valence-corrected chi connectivity index (χ1v) is 7.76. The standard InChI is InChI=1S/C16H18BrN3/c1-2-11-3-5-12(6-4-11)15-8-16(20-19-15)13-7-14(17)10-18-9-13/h3-7,9-10,15-16,19-20H,2,8H2,1H3. The number of aromatic nitrogens is 1. The molecule has 3 rings (SSSR count). The van der Waals surface area contributed by atoms with Gasteiger partial charge in [-0.3, -0.25) is 4.98 Å². The molecule has 3 nitrogen and oxygen atoms in total. The molecule has 2 atom stereocenters. The largest absolute Gasteiger partial charge is 0.263 e. The maximum Gasteiger partial charge on any atom is 0.0496 e. The number of pyridine rings is 1. The molecule has 1 aromatic carbocycles. The van der Waals surface area contributed by atoms with Gasteiger partial charge in [-0.05, 0) is 51.5 Å². The number of halogens is 1. The van der Waals surface area contributed by atoms with Crippen molar-refractivity contribution in [2.45, 2.75) is 31.8 Å². The summed E-state index contributed by atoms with van der Waals surface area (Å²) in [5.41, 5.74) is 10.7. The first-order valence-electron chi connectivity index (χ1n) is 6.96. The molecule has 2 aromatic rings. The lowest BCUT2D eigenvalue weighted by molar-refractivity contribution is 0.554. The van der Waals surface area contributed by atoms with Gasteiger partial charge in [0.15, 0.2) is 0 Å². The van der Waals surface area contributed by atoms with Gasteiger partial charge in [0, 0.05) is 29.0 Å². The van der Waals surface area contributed by atoms with E-state index >= 15 is 0 Å². The van der Waals surface area contributed by atoms with Crippen LogP contribution in [-0.4, -0.2) is 4.98 Å². The Kier molecular flexibility index (Phi) is 4.15. The molecule has 0 saturated carbocycles. The number of benzene rings is 1. The van der Waals surface area contributed by atoms with Crippen molar-refractivity contribution in [2.24, 2.45) is 0 Å². The van der Waals surface area contributed by atoms with E-state index in [0.29, 0.717) is 12.1 Å². The summed E-state index contributed by atoms with van der Waals surface area (Å²) in [6.45, 7) is 2.18. The van der Waals surface area contributed by atoms with E-state index in [1.54, 1.807) is 0 Å². The summed E-state index contributed by atoms with van der Waals surface area (Å²) in [4.78, 5) is 4.23. The molecule has 1 fully saturated rings. The molecule has 0 bridgehead atoms. The van der Waals surface area contributed by atoms with Crippen LogP contribution in [-0.2, 0) is 6.42 Å². The molecule has 1 saturated heterocycles. The highest BCUT2D eigenvalue weighted by Gasteiger charge is 2.26. The van der Waals surface area contributed by atoms with Crippen LogP contribution in [0.25, 0.3) is 0 Å². The zero-order chi connectivity index (χ0) is 13.9. The zero-order valence-corrected chi connectivity index (χ0v) is 13.0. The minimum absolute atomic E-state index is 0.302. The van der Waals surface area contributed by atoms with Crippen LogP contribution >= 0.6 is 15.9 Å². The van der Waals surface area contributed by atoms with E-state index in [9.17, 15) is 0 Å². The van der Waals surface area contributed by atoms with Gasteiger partial charge in [0.2, 0.25) is 0 Å². The highest BCUT2D eigenvalue weighted by Crippen LogP contribution is 2.31. The van der Waals surface area contributed by atoms with Crippen molar-refractivity contribution in [1.29, 1.82) is 0 Å².